The average molecular weight is 434 g/mol. The van der Waals surface area contributed by atoms with Gasteiger partial charge in [-0.25, -0.2) is 13.8 Å². The normalized spacial score (nSPS) is 11.8. The van der Waals surface area contributed by atoms with Gasteiger partial charge in [-0.3, -0.25) is 14.9 Å². The monoisotopic (exact) mass is 434 g/mol. The Morgan fingerprint density at radius 2 is 2.03 bits per heavy atom. The van der Waals surface area contributed by atoms with Gasteiger partial charge in [0.1, 0.15) is 23.1 Å². The molecule has 0 radical (unpaired) electrons. The van der Waals surface area contributed by atoms with Crippen molar-refractivity contribution in [1.29, 1.82) is 0 Å². The molecule has 9 heteroatoms. The molecule has 1 unspecified atom stereocenters. The Bertz CT molecular complexity index is 1210. The van der Waals surface area contributed by atoms with E-state index >= 15 is 4.39 Å². The van der Waals surface area contributed by atoms with Crippen LogP contribution in [-0.4, -0.2) is 32.6 Å². The summed E-state index contributed by atoms with van der Waals surface area (Å²) >= 11 is 0. The number of benzene rings is 1. The van der Waals surface area contributed by atoms with Crippen molar-refractivity contribution < 1.29 is 13.6 Å². The van der Waals surface area contributed by atoms with Gasteiger partial charge in [0.25, 0.3) is 0 Å². The number of aromatic nitrogens is 4. The zero-order chi connectivity index (χ0) is 22.5. The molecule has 3 aromatic heterocycles. The summed E-state index contributed by atoms with van der Waals surface area (Å²) in [5.74, 6) is -2.27. The zero-order valence-corrected chi connectivity index (χ0v) is 16.9. The van der Waals surface area contributed by atoms with Gasteiger partial charge in [-0.05, 0) is 41.8 Å². The highest BCUT2D eigenvalue weighted by Gasteiger charge is 2.26. The molecule has 4 aromatic rings. The number of aromatic amines is 1. The van der Waals surface area contributed by atoms with Crippen LogP contribution in [0.25, 0.3) is 11.3 Å². The number of H-pyrrole nitrogens is 1. The lowest BCUT2D eigenvalue weighted by atomic mass is 9.91. The Hall–Kier alpha value is -4.14. The molecule has 7 nitrogen and oxygen atoms in total. The molecule has 0 saturated heterocycles. The Balaban J connectivity index is 1.72. The maximum atomic E-state index is 15.0. The highest BCUT2D eigenvalue weighted by atomic mass is 19.1. The molecule has 1 atom stereocenters. The van der Waals surface area contributed by atoms with Crippen LogP contribution in [-0.2, 0) is 11.2 Å². The summed E-state index contributed by atoms with van der Waals surface area (Å²) in [6.45, 7) is 0.373. The number of carbonyl (C=O) groups excluding carboxylic acids is 1. The molecule has 0 spiro atoms. The van der Waals surface area contributed by atoms with Crippen molar-refractivity contribution in [2.24, 2.45) is 5.73 Å². The van der Waals surface area contributed by atoms with Crippen LogP contribution in [0.1, 0.15) is 22.6 Å². The first kappa shape index (κ1) is 21.1. The van der Waals surface area contributed by atoms with Crippen LogP contribution in [0.2, 0.25) is 0 Å². The lowest BCUT2D eigenvalue weighted by Crippen LogP contribution is -2.24. The maximum Gasteiger partial charge on any atom is 0.229 e. The molecule has 3 heterocycles. The lowest BCUT2D eigenvalue weighted by molar-refractivity contribution is -0.118. The summed E-state index contributed by atoms with van der Waals surface area (Å²) in [7, 11) is 0. The number of pyridine rings is 2. The number of rotatable bonds is 8. The lowest BCUT2D eigenvalue weighted by Gasteiger charge is -2.19. The van der Waals surface area contributed by atoms with Crippen LogP contribution in [0.5, 0.6) is 0 Å². The van der Waals surface area contributed by atoms with Crippen molar-refractivity contribution in [3.05, 3.63) is 95.6 Å². The molecule has 4 rings (SSSR count). The Labute approximate surface area is 182 Å². The predicted molar refractivity (Wildman–Crippen MR) is 116 cm³/mol. The number of primary amides is 1. The fourth-order valence-electron chi connectivity index (χ4n) is 3.51. The summed E-state index contributed by atoms with van der Waals surface area (Å²) in [5.41, 5.74) is 7.81. The second-order valence-corrected chi connectivity index (χ2v) is 7.17. The first-order valence-electron chi connectivity index (χ1n) is 9.90. The van der Waals surface area contributed by atoms with E-state index in [0.29, 0.717) is 29.9 Å². The number of nitrogens with one attached hydrogen (secondary N) is 2. The molecule has 4 N–H and O–H groups in total. The van der Waals surface area contributed by atoms with E-state index < -0.39 is 17.6 Å². The molecule has 0 saturated carbocycles. The number of carbonyl (C=O) groups is 1. The van der Waals surface area contributed by atoms with Gasteiger partial charge in [-0.15, -0.1) is 0 Å². The molecule has 1 aromatic carbocycles. The standard InChI is InChI=1S/C23H20F2N6O/c24-17-5-1-3-14(9-17)6-8-28-23-18(20(22(26)32)15-4-2-7-27-11-15)10-19(25)21(31-23)16-12-29-30-13-16/h1-5,7,9-13,20H,6,8H2,(H2,26,32)(H,28,31)(H,29,30). The number of hydrogen-bond donors (Lipinski definition) is 3. The number of halogens is 2. The number of nitrogens with two attached hydrogens (primary N) is 1. The largest absolute Gasteiger partial charge is 0.369 e. The Morgan fingerprint density at radius 1 is 1.16 bits per heavy atom. The quantitative estimate of drug-likeness (QED) is 0.394. The van der Waals surface area contributed by atoms with Gasteiger partial charge >= 0.3 is 0 Å². The third kappa shape index (κ3) is 4.61. The van der Waals surface area contributed by atoms with E-state index in [0.717, 1.165) is 5.56 Å². The summed E-state index contributed by atoms with van der Waals surface area (Å²) in [6, 6.07) is 10.9. The second kappa shape index (κ2) is 9.34. The third-order valence-corrected chi connectivity index (χ3v) is 4.99. The highest BCUT2D eigenvalue weighted by molar-refractivity contribution is 5.87. The van der Waals surface area contributed by atoms with E-state index in [1.165, 1.54) is 36.8 Å². The minimum atomic E-state index is -0.958. The van der Waals surface area contributed by atoms with Gasteiger partial charge in [0.05, 0.1) is 12.1 Å². The van der Waals surface area contributed by atoms with Crippen LogP contribution >= 0.6 is 0 Å². The van der Waals surface area contributed by atoms with Gasteiger partial charge in [0.15, 0.2) is 0 Å². The second-order valence-electron chi connectivity index (χ2n) is 7.17. The molecule has 0 aliphatic carbocycles. The first-order valence-corrected chi connectivity index (χ1v) is 9.90. The molecule has 162 valence electrons. The number of amides is 1. The number of anilines is 1. The molecule has 0 bridgehead atoms. The van der Waals surface area contributed by atoms with Gasteiger partial charge in [0, 0.05) is 36.3 Å². The van der Waals surface area contributed by atoms with Crippen LogP contribution in [0, 0.1) is 11.6 Å². The molecule has 0 fully saturated rings. The van der Waals surface area contributed by atoms with E-state index in [4.69, 9.17) is 5.73 Å². The van der Waals surface area contributed by atoms with E-state index in [2.05, 4.69) is 25.5 Å². The maximum absolute atomic E-state index is 15.0. The van der Waals surface area contributed by atoms with Gasteiger partial charge < -0.3 is 11.1 Å². The molecule has 1 amide bonds. The van der Waals surface area contributed by atoms with Crippen molar-refractivity contribution in [3.63, 3.8) is 0 Å². The van der Waals surface area contributed by atoms with Crippen molar-refractivity contribution in [3.8, 4) is 11.3 Å². The van der Waals surface area contributed by atoms with Crippen LogP contribution in [0.15, 0.2) is 67.3 Å². The fraction of sp³-hybridized carbons (Fsp3) is 0.130. The zero-order valence-electron chi connectivity index (χ0n) is 16.9. The predicted octanol–water partition coefficient (Wildman–Crippen LogP) is 3.42. The van der Waals surface area contributed by atoms with Crippen LogP contribution < -0.4 is 11.1 Å². The topological polar surface area (TPSA) is 110 Å². The molecular weight excluding hydrogens is 414 g/mol. The minimum absolute atomic E-state index is 0.0742. The van der Waals surface area contributed by atoms with E-state index in [9.17, 15) is 9.18 Å². The van der Waals surface area contributed by atoms with E-state index in [-0.39, 0.29) is 17.1 Å². The minimum Gasteiger partial charge on any atom is -0.369 e. The van der Waals surface area contributed by atoms with E-state index in [1.807, 2.05) is 6.07 Å². The van der Waals surface area contributed by atoms with E-state index in [1.54, 1.807) is 24.4 Å². The average Bonchev–Trinajstić information content (AvgIpc) is 3.30. The van der Waals surface area contributed by atoms with Crippen molar-refractivity contribution >= 4 is 11.7 Å². The summed E-state index contributed by atoms with van der Waals surface area (Å²) in [4.78, 5) is 20.9. The molecule has 0 aliphatic heterocycles. The first-order chi connectivity index (χ1) is 15.5. The SMILES string of the molecule is NC(=O)C(c1cccnc1)c1cc(F)c(-c2cn[nH]c2)nc1NCCc1cccc(F)c1. The smallest absolute Gasteiger partial charge is 0.229 e. The third-order valence-electron chi connectivity index (χ3n) is 4.99. The van der Waals surface area contributed by atoms with Gasteiger partial charge in [-0.2, -0.15) is 5.10 Å². The summed E-state index contributed by atoms with van der Waals surface area (Å²) < 4.78 is 28.5. The molecule has 0 aliphatic rings. The number of nitrogens with zero attached hydrogens (tertiary/aromatic N) is 3. The number of hydrogen-bond acceptors (Lipinski definition) is 5. The Kier molecular flexibility index (Phi) is 6.16. The van der Waals surface area contributed by atoms with Crippen molar-refractivity contribution in [1.82, 2.24) is 20.2 Å². The summed E-state index contributed by atoms with van der Waals surface area (Å²) in [5, 5.41) is 9.63. The fourth-order valence-corrected chi connectivity index (χ4v) is 3.51. The van der Waals surface area contributed by atoms with Crippen molar-refractivity contribution in [2.75, 3.05) is 11.9 Å². The summed E-state index contributed by atoms with van der Waals surface area (Å²) in [6.07, 6.45) is 6.54. The molecule has 32 heavy (non-hydrogen) atoms. The highest BCUT2D eigenvalue weighted by Crippen LogP contribution is 2.33. The van der Waals surface area contributed by atoms with Gasteiger partial charge in [-0.1, -0.05) is 18.2 Å². The Morgan fingerprint density at radius 3 is 2.72 bits per heavy atom. The van der Waals surface area contributed by atoms with Crippen LogP contribution in [0.3, 0.4) is 0 Å². The molecular formula is C23H20F2N6O. The van der Waals surface area contributed by atoms with Crippen LogP contribution in [0.4, 0.5) is 14.6 Å². The van der Waals surface area contributed by atoms with Crippen molar-refractivity contribution in [2.45, 2.75) is 12.3 Å². The van der Waals surface area contributed by atoms with Gasteiger partial charge in [0.2, 0.25) is 5.91 Å².